The zero-order chi connectivity index (χ0) is 25.7. The summed E-state index contributed by atoms with van der Waals surface area (Å²) in [5, 5.41) is 20.3. The Morgan fingerprint density at radius 1 is 0.676 bits per heavy atom. The highest BCUT2D eigenvalue weighted by molar-refractivity contribution is 5.43. The zero-order valence-corrected chi connectivity index (χ0v) is 23.3. The fraction of sp³-hybridized carbons (Fsp3) is 0.613. The van der Waals surface area contributed by atoms with Crippen molar-refractivity contribution < 1.29 is 10.2 Å². The molecule has 1 unspecified atom stereocenters. The van der Waals surface area contributed by atoms with Gasteiger partial charge in [-0.2, -0.15) is 0 Å². The second-order valence-electron chi connectivity index (χ2n) is 9.96. The number of aromatic hydroxyl groups is 2. The van der Waals surface area contributed by atoms with Gasteiger partial charge in [-0.15, -0.1) is 0 Å². The maximum atomic E-state index is 10.2. The Morgan fingerprint density at radius 2 is 1.09 bits per heavy atom. The van der Waals surface area contributed by atoms with Gasteiger partial charge in [0.15, 0.2) is 0 Å². The second kappa shape index (κ2) is 15.8. The van der Waals surface area contributed by atoms with Gasteiger partial charge in [0.2, 0.25) is 0 Å². The largest absolute Gasteiger partial charge is 0.507 e. The summed E-state index contributed by atoms with van der Waals surface area (Å²) >= 11 is 0. The van der Waals surface area contributed by atoms with Crippen LogP contribution < -0.4 is 0 Å². The van der Waals surface area contributed by atoms with E-state index in [4.69, 9.17) is 0 Å². The number of phenolic OH excluding ortho intramolecular Hbond substituents is 2. The topological polar surface area (TPSA) is 43.7 Å². The van der Waals surface area contributed by atoms with Crippen LogP contribution in [0.4, 0.5) is 0 Å². The smallest absolute Gasteiger partial charge is 0.121 e. The first-order valence-corrected chi connectivity index (χ1v) is 13.5. The number of unbranched alkanes of at least 4 members (excludes halogenated alkanes) is 4. The van der Waals surface area contributed by atoms with Gasteiger partial charge in [-0.3, -0.25) is 4.90 Å². The molecule has 0 radical (unpaired) electrons. The highest BCUT2D eigenvalue weighted by atomic mass is 16.3. The van der Waals surface area contributed by atoms with Gasteiger partial charge in [0.25, 0.3) is 0 Å². The van der Waals surface area contributed by atoms with Gasteiger partial charge >= 0.3 is 0 Å². The molecule has 0 saturated carbocycles. The molecule has 2 rings (SSSR count). The Bertz CT molecular complexity index is 753. The minimum absolute atomic E-state index is 0.404. The Kier molecular flexibility index (Phi) is 14.0. The van der Waals surface area contributed by atoms with Crippen LogP contribution in [-0.2, 0) is 13.1 Å². The van der Waals surface area contributed by atoms with Crippen LogP contribution in [-0.4, -0.2) is 21.7 Å². The van der Waals surface area contributed by atoms with E-state index in [2.05, 4.69) is 43.0 Å². The van der Waals surface area contributed by atoms with Crippen LogP contribution in [0, 0.1) is 33.6 Å². The van der Waals surface area contributed by atoms with E-state index >= 15 is 0 Å². The number of benzene rings is 2. The summed E-state index contributed by atoms with van der Waals surface area (Å²) in [5.74, 6) is 1.54. The van der Waals surface area contributed by atoms with Gasteiger partial charge in [-0.1, -0.05) is 90.5 Å². The first-order chi connectivity index (χ1) is 16.2. The molecule has 34 heavy (non-hydrogen) atoms. The van der Waals surface area contributed by atoms with Crippen LogP contribution >= 0.6 is 0 Å². The van der Waals surface area contributed by atoms with Crippen molar-refractivity contribution >= 4 is 0 Å². The summed E-state index contributed by atoms with van der Waals surface area (Å²) in [7, 11) is 0. The van der Waals surface area contributed by atoms with E-state index in [-0.39, 0.29) is 0 Å². The fourth-order valence-corrected chi connectivity index (χ4v) is 4.65. The van der Waals surface area contributed by atoms with Gasteiger partial charge in [-0.05, 0) is 80.0 Å². The molecule has 0 aliphatic rings. The van der Waals surface area contributed by atoms with Crippen molar-refractivity contribution in [2.75, 3.05) is 6.54 Å². The summed E-state index contributed by atoms with van der Waals surface area (Å²) in [6.07, 6.45) is 9.24. The number of hydrogen-bond acceptors (Lipinski definition) is 3. The molecule has 2 N–H and O–H groups in total. The maximum absolute atomic E-state index is 10.2. The van der Waals surface area contributed by atoms with Crippen molar-refractivity contribution in [2.24, 2.45) is 5.92 Å². The van der Waals surface area contributed by atoms with Crippen LogP contribution in [0.2, 0.25) is 0 Å². The number of rotatable bonds is 13. The van der Waals surface area contributed by atoms with E-state index in [9.17, 15) is 10.2 Å². The molecule has 2 aromatic rings. The van der Waals surface area contributed by atoms with Gasteiger partial charge in [0, 0.05) is 13.1 Å². The van der Waals surface area contributed by atoms with E-state index in [1.165, 1.54) is 56.1 Å². The lowest BCUT2D eigenvalue weighted by atomic mass is 9.98. The minimum Gasteiger partial charge on any atom is -0.507 e. The quantitative estimate of drug-likeness (QED) is 0.288. The van der Waals surface area contributed by atoms with Crippen molar-refractivity contribution in [3.8, 4) is 11.5 Å². The molecule has 0 aliphatic carbocycles. The molecule has 0 spiro atoms. The van der Waals surface area contributed by atoms with E-state index in [0.29, 0.717) is 11.5 Å². The summed E-state index contributed by atoms with van der Waals surface area (Å²) in [4.78, 5) is 2.52. The van der Waals surface area contributed by atoms with E-state index in [1.807, 2.05) is 41.5 Å². The molecule has 1 atom stereocenters. The number of phenols is 2. The Hall–Kier alpha value is -2.00. The first kappa shape index (κ1) is 30.0. The molecule has 0 heterocycles. The second-order valence-corrected chi connectivity index (χ2v) is 9.96. The van der Waals surface area contributed by atoms with Crippen LogP contribution in [0.3, 0.4) is 0 Å². The lowest BCUT2D eigenvalue weighted by Crippen LogP contribution is -2.25. The number of hydrogen-bond donors (Lipinski definition) is 2. The SMILES string of the molecule is CC.CCCCCCCC(C)CCN(Cc1cc(C)c(O)c(C)c1)Cc1cc(C)c(O)c(C)c1. The molecule has 0 aromatic heterocycles. The third-order valence-corrected chi connectivity index (χ3v) is 6.65. The molecule has 0 aliphatic heterocycles. The van der Waals surface area contributed by atoms with E-state index in [0.717, 1.165) is 47.8 Å². The van der Waals surface area contributed by atoms with Crippen LogP contribution in [0.25, 0.3) is 0 Å². The zero-order valence-electron chi connectivity index (χ0n) is 23.3. The highest BCUT2D eigenvalue weighted by Crippen LogP contribution is 2.27. The Labute approximate surface area is 210 Å². The summed E-state index contributed by atoms with van der Waals surface area (Å²) in [6, 6.07) is 8.44. The number of nitrogens with zero attached hydrogens (tertiary/aromatic N) is 1. The van der Waals surface area contributed by atoms with E-state index < -0.39 is 0 Å². The molecule has 0 amide bonds. The minimum atomic E-state index is 0.404. The van der Waals surface area contributed by atoms with E-state index in [1.54, 1.807) is 0 Å². The molecular weight excluding hydrogens is 418 g/mol. The number of aryl methyl sites for hydroxylation is 4. The lowest BCUT2D eigenvalue weighted by molar-refractivity contribution is 0.234. The average Bonchev–Trinajstić information content (AvgIpc) is 2.80. The summed E-state index contributed by atoms with van der Waals surface area (Å²) < 4.78 is 0. The monoisotopic (exact) mass is 469 g/mol. The van der Waals surface area contributed by atoms with Crippen molar-refractivity contribution in [1.82, 2.24) is 4.90 Å². The van der Waals surface area contributed by atoms with Crippen LogP contribution in [0.15, 0.2) is 24.3 Å². The first-order valence-electron chi connectivity index (χ1n) is 13.5. The predicted molar refractivity (Wildman–Crippen MR) is 148 cm³/mol. The Morgan fingerprint density at radius 3 is 1.50 bits per heavy atom. The fourth-order valence-electron chi connectivity index (χ4n) is 4.65. The van der Waals surface area contributed by atoms with Crippen molar-refractivity contribution in [2.45, 2.75) is 113 Å². The molecule has 192 valence electrons. The maximum Gasteiger partial charge on any atom is 0.121 e. The van der Waals surface area contributed by atoms with Crippen molar-refractivity contribution in [1.29, 1.82) is 0 Å². The normalized spacial score (nSPS) is 11.9. The van der Waals surface area contributed by atoms with Crippen LogP contribution in [0.5, 0.6) is 11.5 Å². The summed E-state index contributed by atoms with van der Waals surface area (Å²) in [5.41, 5.74) is 6.26. The summed E-state index contributed by atoms with van der Waals surface area (Å²) in [6.45, 7) is 19.3. The standard InChI is InChI=1S/C29H45NO2.C2H6/c1-7-8-9-10-11-12-21(2)13-14-30(19-26-15-22(3)28(31)23(4)16-26)20-27-17-24(5)29(32)25(6)18-27;1-2/h15-18,21,31-32H,7-14,19-20H2,1-6H3;1-2H3. The molecule has 3 heteroatoms. The molecule has 3 nitrogen and oxygen atoms in total. The van der Waals surface area contributed by atoms with Crippen molar-refractivity contribution in [3.63, 3.8) is 0 Å². The van der Waals surface area contributed by atoms with Gasteiger partial charge in [0.05, 0.1) is 0 Å². The third-order valence-electron chi connectivity index (χ3n) is 6.65. The molecular formula is C31H51NO2. The van der Waals surface area contributed by atoms with Gasteiger partial charge in [0.1, 0.15) is 11.5 Å². The predicted octanol–water partition coefficient (Wildman–Crippen LogP) is 8.75. The Balaban J connectivity index is 0.00000281. The highest BCUT2D eigenvalue weighted by Gasteiger charge is 2.13. The molecule has 2 aromatic carbocycles. The molecule has 0 fully saturated rings. The van der Waals surface area contributed by atoms with Crippen molar-refractivity contribution in [3.05, 3.63) is 57.6 Å². The molecule has 0 bridgehead atoms. The third kappa shape index (κ3) is 10.1. The van der Waals surface area contributed by atoms with Gasteiger partial charge < -0.3 is 10.2 Å². The average molecular weight is 470 g/mol. The molecule has 0 saturated heterocycles. The van der Waals surface area contributed by atoms with Gasteiger partial charge in [-0.25, -0.2) is 0 Å². The van der Waals surface area contributed by atoms with Crippen LogP contribution in [0.1, 0.15) is 106 Å². The lowest BCUT2D eigenvalue weighted by Gasteiger charge is -2.25.